The predicted molar refractivity (Wildman–Crippen MR) is 39.1 cm³/mol. The van der Waals surface area contributed by atoms with Crippen molar-refractivity contribution < 1.29 is 4.39 Å². The third-order valence-electron chi connectivity index (χ3n) is 1.30. The van der Waals surface area contributed by atoms with Crippen LogP contribution in [0.3, 0.4) is 0 Å². The van der Waals surface area contributed by atoms with Crippen LogP contribution in [-0.4, -0.2) is 6.17 Å². The molecule has 0 aliphatic rings. The lowest BCUT2D eigenvalue weighted by molar-refractivity contribution is 0.424. The third kappa shape index (κ3) is 2.45. The van der Waals surface area contributed by atoms with E-state index in [4.69, 9.17) is 0 Å². The minimum absolute atomic E-state index is 0.206. The molecule has 0 amide bonds. The summed E-state index contributed by atoms with van der Waals surface area (Å²) in [5.74, 6) is 0.206. The van der Waals surface area contributed by atoms with Gasteiger partial charge in [0.15, 0.2) is 0 Å². The van der Waals surface area contributed by atoms with Gasteiger partial charge >= 0.3 is 0 Å². The first kappa shape index (κ1) is 8.41. The SMILES string of the molecule is C=CC(F)C(=C)C(C)C. The topological polar surface area (TPSA) is 0 Å². The van der Waals surface area contributed by atoms with Crippen LogP contribution in [0.4, 0.5) is 4.39 Å². The Hall–Kier alpha value is -0.590. The fourth-order valence-corrected chi connectivity index (χ4v) is 0.470. The summed E-state index contributed by atoms with van der Waals surface area (Å²) in [5.41, 5.74) is 0.602. The normalized spacial score (nSPS) is 13.3. The summed E-state index contributed by atoms with van der Waals surface area (Å²) in [5, 5.41) is 0. The monoisotopic (exact) mass is 128 g/mol. The Kier molecular flexibility index (Phi) is 3.21. The maximum atomic E-state index is 12.6. The predicted octanol–water partition coefficient (Wildman–Crippen LogP) is 2.72. The largest absolute Gasteiger partial charge is 0.238 e. The molecule has 1 heteroatoms. The molecule has 9 heavy (non-hydrogen) atoms. The molecule has 0 aliphatic carbocycles. The van der Waals surface area contributed by atoms with Crippen molar-refractivity contribution in [3.63, 3.8) is 0 Å². The molecule has 0 radical (unpaired) electrons. The highest BCUT2D eigenvalue weighted by Crippen LogP contribution is 2.14. The molecule has 0 rings (SSSR count). The molecule has 1 unspecified atom stereocenters. The Morgan fingerprint density at radius 2 is 2.00 bits per heavy atom. The third-order valence-corrected chi connectivity index (χ3v) is 1.30. The summed E-state index contributed by atoms with van der Waals surface area (Å²) in [7, 11) is 0. The standard InChI is InChI=1S/C8H13F/c1-5-8(9)7(4)6(2)3/h5-6,8H,1,4H2,2-3H3. The second kappa shape index (κ2) is 3.44. The Morgan fingerprint density at radius 1 is 1.56 bits per heavy atom. The van der Waals surface area contributed by atoms with Gasteiger partial charge in [0.1, 0.15) is 6.17 Å². The number of alkyl halides is 1. The van der Waals surface area contributed by atoms with E-state index >= 15 is 0 Å². The lowest BCUT2D eigenvalue weighted by atomic mass is 10.0. The average Bonchev–Trinajstić information content (AvgIpc) is 1.84. The molecule has 0 aromatic carbocycles. The summed E-state index contributed by atoms with van der Waals surface area (Å²) in [6.45, 7) is 10.7. The van der Waals surface area contributed by atoms with Crippen LogP contribution in [0.15, 0.2) is 24.8 Å². The number of hydrogen-bond donors (Lipinski definition) is 0. The van der Waals surface area contributed by atoms with Crippen LogP contribution in [-0.2, 0) is 0 Å². The second-order valence-corrected chi connectivity index (χ2v) is 2.37. The first-order valence-corrected chi connectivity index (χ1v) is 3.05. The fourth-order valence-electron chi connectivity index (χ4n) is 0.470. The maximum Gasteiger partial charge on any atom is 0.139 e. The molecule has 0 heterocycles. The van der Waals surface area contributed by atoms with E-state index < -0.39 is 6.17 Å². The van der Waals surface area contributed by atoms with Gasteiger partial charge in [0.2, 0.25) is 0 Å². The highest BCUT2D eigenvalue weighted by Gasteiger charge is 2.08. The second-order valence-electron chi connectivity index (χ2n) is 2.37. The summed E-state index contributed by atoms with van der Waals surface area (Å²) >= 11 is 0. The van der Waals surface area contributed by atoms with E-state index in [2.05, 4.69) is 13.2 Å². The Balaban J connectivity index is 3.87. The van der Waals surface area contributed by atoms with E-state index in [0.717, 1.165) is 0 Å². The van der Waals surface area contributed by atoms with Gasteiger partial charge in [-0.1, -0.05) is 33.1 Å². The number of hydrogen-bond acceptors (Lipinski definition) is 0. The number of rotatable bonds is 3. The van der Waals surface area contributed by atoms with Crippen LogP contribution in [0.25, 0.3) is 0 Å². The molecule has 0 aliphatic heterocycles. The molecule has 0 aromatic rings. The number of allylic oxidation sites excluding steroid dienone is 2. The zero-order valence-electron chi connectivity index (χ0n) is 6.02. The molecule has 0 saturated heterocycles. The lowest BCUT2D eigenvalue weighted by Gasteiger charge is -2.09. The van der Waals surface area contributed by atoms with E-state index in [9.17, 15) is 4.39 Å². The average molecular weight is 128 g/mol. The summed E-state index contributed by atoms with van der Waals surface area (Å²) in [6, 6.07) is 0. The van der Waals surface area contributed by atoms with E-state index in [1.54, 1.807) is 0 Å². The maximum absolute atomic E-state index is 12.6. The van der Waals surface area contributed by atoms with E-state index in [1.807, 2.05) is 13.8 Å². The minimum atomic E-state index is -1.04. The Morgan fingerprint density at radius 3 is 2.11 bits per heavy atom. The van der Waals surface area contributed by atoms with Gasteiger partial charge in [0.25, 0.3) is 0 Å². The first-order chi connectivity index (χ1) is 4.09. The van der Waals surface area contributed by atoms with Crippen molar-refractivity contribution in [1.82, 2.24) is 0 Å². The van der Waals surface area contributed by atoms with E-state index in [0.29, 0.717) is 5.57 Å². The van der Waals surface area contributed by atoms with Gasteiger partial charge in [-0.15, -0.1) is 0 Å². The van der Waals surface area contributed by atoms with E-state index in [1.165, 1.54) is 6.08 Å². The van der Waals surface area contributed by atoms with Crippen molar-refractivity contribution >= 4 is 0 Å². The van der Waals surface area contributed by atoms with Crippen LogP contribution >= 0.6 is 0 Å². The van der Waals surface area contributed by atoms with Gasteiger partial charge in [0.05, 0.1) is 0 Å². The molecule has 0 fully saturated rings. The van der Waals surface area contributed by atoms with Crippen molar-refractivity contribution in [2.75, 3.05) is 0 Å². The lowest BCUT2D eigenvalue weighted by Crippen LogP contribution is -2.04. The molecule has 0 spiro atoms. The van der Waals surface area contributed by atoms with Gasteiger partial charge < -0.3 is 0 Å². The summed E-state index contributed by atoms with van der Waals surface area (Å²) in [6.07, 6.45) is 0.229. The van der Waals surface area contributed by atoms with Crippen LogP contribution < -0.4 is 0 Å². The molecule has 0 nitrogen and oxygen atoms in total. The highest BCUT2D eigenvalue weighted by molar-refractivity contribution is 5.11. The molecule has 0 aromatic heterocycles. The van der Waals surface area contributed by atoms with Crippen LogP contribution in [0.2, 0.25) is 0 Å². The summed E-state index contributed by atoms with van der Waals surface area (Å²) in [4.78, 5) is 0. The van der Waals surface area contributed by atoms with Crippen molar-refractivity contribution in [1.29, 1.82) is 0 Å². The number of halogens is 1. The zero-order chi connectivity index (χ0) is 7.44. The van der Waals surface area contributed by atoms with Crippen LogP contribution in [0, 0.1) is 5.92 Å². The Bertz CT molecular complexity index is 114. The molecule has 0 N–H and O–H groups in total. The van der Waals surface area contributed by atoms with Gasteiger partial charge in [-0.2, -0.15) is 0 Å². The highest BCUT2D eigenvalue weighted by atomic mass is 19.1. The van der Waals surface area contributed by atoms with Gasteiger partial charge in [-0.3, -0.25) is 0 Å². The smallest absolute Gasteiger partial charge is 0.139 e. The van der Waals surface area contributed by atoms with Crippen LogP contribution in [0.5, 0.6) is 0 Å². The first-order valence-electron chi connectivity index (χ1n) is 3.05. The molecule has 52 valence electrons. The van der Waals surface area contributed by atoms with Gasteiger partial charge in [0, 0.05) is 0 Å². The molecule has 1 atom stereocenters. The van der Waals surface area contributed by atoms with Crippen molar-refractivity contribution in [3.8, 4) is 0 Å². The van der Waals surface area contributed by atoms with Crippen LogP contribution in [0.1, 0.15) is 13.8 Å². The quantitative estimate of drug-likeness (QED) is 0.513. The fraction of sp³-hybridized carbons (Fsp3) is 0.500. The van der Waals surface area contributed by atoms with E-state index in [-0.39, 0.29) is 5.92 Å². The zero-order valence-corrected chi connectivity index (χ0v) is 6.02. The van der Waals surface area contributed by atoms with Crippen molar-refractivity contribution in [2.24, 2.45) is 5.92 Å². The van der Waals surface area contributed by atoms with Crippen molar-refractivity contribution in [3.05, 3.63) is 24.8 Å². The molecule has 0 saturated carbocycles. The molecular formula is C8H13F. The van der Waals surface area contributed by atoms with Gasteiger partial charge in [-0.25, -0.2) is 4.39 Å². The Labute approximate surface area is 56.1 Å². The van der Waals surface area contributed by atoms with Gasteiger partial charge in [-0.05, 0) is 11.5 Å². The van der Waals surface area contributed by atoms with Crippen molar-refractivity contribution in [2.45, 2.75) is 20.0 Å². The molecular weight excluding hydrogens is 115 g/mol. The summed E-state index contributed by atoms with van der Waals surface area (Å²) < 4.78 is 12.6. The molecule has 0 bridgehead atoms. The minimum Gasteiger partial charge on any atom is -0.238 e.